The number of nitrogens with one attached hydrogen (secondary N) is 1. The van der Waals surface area contributed by atoms with E-state index in [0.717, 1.165) is 29.4 Å². The quantitative estimate of drug-likeness (QED) is 0.875. The van der Waals surface area contributed by atoms with E-state index in [1.165, 1.54) is 0 Å². The van der Waals surface area contributed by atoms with Crippen molar-refractivity contribution in [1.82, 2.24) is 15.2 Å². The molecule has 0 unspecified atom stereocenters. The zero-order valence-corrected chi connectivity index (χ0v) is 10.6. The fourth-order valence-electron chi connectivity index (χ4n) is 1.57. The summed E-state index contributed by atoms with van der Waals surface area (Å²) in [6.07, 6.45) is 3.44. The number of aromatic nitrogens is 3. The van der Waals surface area contributed by atoms with Crippen LogP contribution in [0.15, 0.2) is 30.6 Å². The molecule has 18 heavy (non-hydrogen) atoms. The summed E-state index contributed by atoms with van der Waals surface area (Å²) in [7, 11) is 0. The fourth-order valence-corrected chi connectivity index (χ4v) is 1.57. The molecule has 0 aliphatic carbocycles. The van der Waals surface area contributed by atoms with Crippen LogP contribution in [-0.4, -0.2) is 28.3 Å². The standard InChI is InChI=1S/C13H16N4O/c1-3-15-13-6-5-12(16-17-13)10-7-11(18-4-2)9-14-8-10/h5-9H,3-4H2,1-2H3,(H,15,17). The summed E-state index contributed by atoms with van der Waals surface area (Å²) in [6, 6.07) is 5.73. The molecule has 0 spiro atoms. The minimum absolute atomic E-state index is 0.621. The van der Waals surface area contributed by atoms with Crippen molar-refractivity contribution < 1.29 is 4.74 Å². The first-order chi connectivity index (χ1) is 8.83. The maximum absolute atomic E-state index is 5.41. The molecular weight excluding hydrogens is 228 g/mol. The van der Waals surface area contributed by atoms with Gasteiger partial charge in [0.05, 0.1) is 18.5 Å². The molecule has 2 aromatic rings. The van der Waals surface area contributed by atoms with Crippen LogP contribution in [0.1, 0.15) is 13.8 Å². The van der Waals surface area contributed by atoms with E-state index < -0.39 is 0 Å². The molecule has 94 valence electrons. The van der Waals surface area contributed by atoms with Gasteiger partial charge < -0.3 is 10.1 Å². The van der Waals surface area contributed by atoms with Crippen LogP contribution >= 0.6 is 0 Å². The Kier molecular flexibility index (Phi) is 4.06. The van der Waals surface area contributed by atoms with Crippen LogP contribution in [0.4, 0.5) is 5.82 Å². The van der Waals surface area contributed by atoms with Gasteiger partial charge in [0, 0.05) is 18.3 Å². The number of nitrogens with zero attached hydrogens (tertiary/aromatic N) is 3. The third-order valence-corrected chi connectivity index (χ3v) is 2.34. The van der Waals surface area contributed by atoms with Gasteiger partial charge in [-0.25, -0.2) is 0 Å². The number of rotatable bonds is 5. The first-order valence-electron chi connectivity index (χ1n) is 5.99. The summed E-state index contributed by atoms with van der Waals surface area (Å²) >= 11 is 0. The molecular formula is C13H16N4O. The summed E-state index contributed by atoms with van der Waals surface area (Å²) in [4.78, 5) is 4.13. The molecule has 2 rings (SSSR count). The molecule has 0 amide bonds. The Hall–Kier alpha value is -2.17. The molecule has 5 nitrogen and oxygen atoms in total. The minimum atomic E-state index is 0.621. The maximum atomic E-state index is 5.41. The predicted molar refractivity (Wildman–Crippen MR) is 70.6 cm³/mol. The van der Waals surface area contributed by atoms with Gasteiger partial charge in [0.25, 0.3) is 0 Å². The molecule has 0 saturated heterocycles. The molecule has 2 heterocycles. The third kappa shape index (κ3) is 2.94. The average molecular weight is 244 g/mol. The van der Waals surface area contributed by atoms with Crippen molar-refractivity contribution in [1.29, 1.82) is 0 Å². The Morgan fingerprint density at radius 1 is 1.17 bits per heavy atom. The summed E-state index contributed by atoms with van der Waals surface area (Å²) in [5.41, 5.74) is 1.68. The van der Waals surface area contributed by atoms with Gasteiger partial charge in [-0.1, -0.05) is 0 Å². The first-order valence-corrected chi connectivity index (χ1v) is 5.99. The Labute approximate surface area is 106 Å². The highest BCUT2D eigenvalue weighted by molar-refractivity contribution is 5.60. The van der Waals surface area contributed by atoms with Crippen molar-refractivity contribution in [3.05, 3.63) is 30.6 Å². The van der Waals surface area contributed by atoms with E-state index in [1.807, 2.05) is 32.0 Å². The molecule has 0 fully saturated rings. The van der Waals surface area contributed by atoms with Gasteiger partial charge >= 0.3 is 0 Å². The third-order valence-electron chi connectivity index (χ3n) is 2.34. The lowest BCUT2D eigenvalue weighted by Gasteiger charge is -2.05. The van der Waals surface area contributed by atoms with Gasteiger partial charge in [-0.05, 0) is 32.0 Å². The molecule has 0 bridgehead atoms. The summed E-state index contributed by atoms with van der Waals surface area (Å²) in [5, 5.41) is 11.4. The van der Waals surface area contributed by atoms with Crippen molar-refractivity contribution in [3.63, 3.8) is 0 Å². The van der Waals surface area contributed by atoms with Crippen LogP contribution < -0.4 is 10.1 Å². The number of anilines is 1. The number of pyridine rings is 1. The Morgan fingerprint density at radius 2 is 2.06 bits per heavy atom. The topological polar surface area (TPSA) is 59.9 Å². The van der Waals surface area contributed by atoms with Crippen LogP contribution in [0, 0.1) is 0 Å². The van der Waals surface area contributed by atoms with Crippen LogP contribution in [0.2, 0.25) is 0 Å². The van der Waals surface area contributed by atoms with Gasteiger partial charge in [0.1, 0.15) is 11.6 Å². The summed E-state index contributed by atoms with van der Waals surface area (Å²) < 4.78 is 5.41. The summed E-state index contributed by atoms with van der Waals surface area (Å²) in [6.45, 7) is 5.41. The van der Waals surface area contributed by atoms with Crippen molar-refractivity contribution in [2.24, 2.45) is 0 Å². The monoisotopic (exact) mass is 244 g/mol. The smallest absolute Gasteiger partial charge is 0.148 e. The molecule has 2 aromatic heterocycles. The Bertz CT molecular complexity index is 499. The van der Waals surface area contributed by atoms with Crippen molar-refractivity contribution >= 4 is 5.82 Å². The second kappa shape index (κ2) is 5.95. The molecule has 0 aliphatic rings. The lowest BCUT2D eigenvalue weighted by Crippen LogP contribution is -2.00. The zero-order valence-electron chi connectivity index (χ0n) is 10.6. The second-order valence-electron chi connectivity index (χ2n) is 3.68. The van der Waals surface area contributed by atoms with E-state index >= 15 is 0 Å². The highest BCUT2D eigenvalue weighted by atomic mass is 16.5. The van der Waals surface area contributed by atoms with E-state index in [0.29, 0.717) is 6.61 Å². The van der Waals surface area contributed by atoms with Crippen LogP contribution in [0.5, 0.6) is 5.75 Å². The number of hydrogen-bond donors (Lipinski definition) is 1. The zero-order chi connectivity index (χ0) is 12.8. The Morgan fingerprint density at radius 3 is 2.72 bits per heavy atom. The van der Waals surface area contributed by atoms with Gasteiger partial charge in [-0.3, -0.25) is 4.98 Å². The second-order valence-corrected chi connectivity index (χ2v) is 3.68. The molecule has 0 atom stereocenters. The fraction of sp³-hybridized carbons (Fsp3) is 0.308. The van der Waals surface area contributed by atoms with E-state index in [2.05, 4.69) is 20.5 Å². The average Bonchev–Trinajstić information content (AvgIpc) is 2.41. The van der Waals surface area contributed by atoms with Crippen molar-refractivity contribution in [3.8, 4) is 17.0 Å². The minimum Gasteiger partial charge on any atom is -0.492 e. The van der Waals surface area contributed by atoms with Crippen LogP contribution in [-0.2, 0) is 0 Å². The molecule has 0 aromatic carbocycles. The van der Waals surface area contributed by atoms with E-state index in [-0.39, 0.29) is 0 Å². The molecule has 1 N–H and O–H groups in total. The SMILES string of the molecule is CCNc1ccc(-c2cncc(OCC)c2)nn1. The van der Waals surface area contributed by atoms with Crippen LogP contribution in [0.3, 0.4) is 0 Å². The largest absolute Gasteiger partial charge is 0.492 e. The van der Waals surface area contributed by atoms with Gasteiger partial charge in [-0.2, -0.15) is 0 Å². The van der Waals surface area contributed by atoms with Gasteiger partial charge in [0.2, 0.25) is 0 Å². The number of ether oxygens (including phenoxy) is 1. The van der Waals surface area contributed by atoms with Crippen molar-refractivity contribution in [2.75, 3.05) is 18.5 Å². The highest BCUT2D eigenvalue weighted by Gasteiger charge is 2.03. The van der Waals surface area contributed by atoms with E-state index in [1.54, 1.807) is 12.4 Å². The first kappa shape index (κ1) is 12.3. The van der Waals surface area contributed by atoms with E-state index in [4.69, 9.17) is 4.74 Å². The molecule has 0 saturated carbocycles. The molecule has 0 aliphatic heterocycles. The van der Waals surface area contributed by atoms with Gasteiger partial charge in [0.15, 0.2) is 0 Å². The normalized spacial score (nSPS) is 10.1. The van der Waals surface area contributed by atoms with Crippen LogP contribution in [0.25, 0.3) is 11.3 Å². The van der Waals surface area contributed by atoms with Crippen molar-refractivity contribution in [2.45, 2.75) is 13.8 Å². The predicted octanol–water partition coefficient (Wildman–Crippen LogP) is 2.37. The molecule has 0 radical (unpaired) electrons. The number of hydrogen-bond acceptors (Lipinski definition) is 5. The highest BCUT2D eigenvalue weighted by Crippen LogP contribution is 2.20. The van der Waals surface area contributed by atoms with E-state index in [9.17, 15) is 0 Å². The lowest BCUT2D eigenvalue weighted by molar-refractivity contribution is 0.339. The summed E-state index contributed by atoms with van der Waals surface area (Å²) in [5.74, 6) is 1.52. The molecule has 5 heteroatoms. The maximum Gasteiger partial charge on any atom is 0.148 e. The Balaban J connectivity index is 2.22. The van der Waals surface area contributed by atoms with Gasteiger partial charge in [-0.15, -0.1) is 10.2 Å². The lowest BCUT2D eigenvalue weighted by atomic mass is 10.2.